The standard InChI is InChI=1S/C4H3FN2O/c5-8-4-6-2-1-3-7-4/h1-3H. The predicted molar refractivity (Wildman–Crippen MR) is 23.8 cm³/mol. The van der Waals surface area contributed by atoms with Gasteiger partial charge in [-0.25, -0.2) is 9.97 Å². The zero-order valence-electron chi connectivity index (χ0n) is 3.91. The Labute approximate surface area is 45.1 Å². The van der Waals surface area contributed by atoms with Crippen LogP contribution in [-0.2, 0) is 0 Å². The molecular formula is C4H3FN2O. The molecular weight excluding hydrogens is 111 g/mol. The lowest BCUT2D eigenvalue weighted by Crippen LogP contribution is -1.83. The van der Waals surface area contributed by atoms with E-state index < -0.39 is 0 Å². The third-order valence-corrected chi connectivity index (χ3v) is 0.611. The Balaban J connectivity index is 2.83. The Hall–Kier alpha value is -1.19. The fraction of sp³-hybridized carbons (Fsp3) is 0. The summed E-state index contributed by atoms with van der Waals surface area (Å²) in [6, 6.07) is 1.32. The fourth-order valence-corrected chi connectivity index (χ4v) is 0.325. The molecule has 3 nitrogen and oxygen atoms in total. The number of aromatic nitrogens is 2. The van der Waals surface area contributed by atoms with Gasteiger partial charge in [-0.05, 0) is 6.07 Å². The lowest BCUT2D eigenvalue weighted by molar-refractivity contribution is -0.0178. The van der Waals surface area contributed by atoms with Gasteiger partial charge in [-0.3, -0.25) is 4.94 Å². The highest BCUT2D eigenvalue weighted by atomic mass is 19.3. The van der Waals surface area contributed by atoms with Crippen molar-refractivity contribution in [2.45, 2.75) is 0 Å². The van der Waals surface area contributed by atoms with Gasteiger partial charge in [-0.1, -0.05) is 0 Å². The molecule has 4 heteroatoms. The van der Waals surface area contributed by atoms with Crippen LogP contribution >= 0.6 is 0 Å². The Kier molecular flexibility index (Phi) is 1.37. The maximum Gasteiger partial charge on any atom is 0.359 e. The van der Waals surface area contributed by atoms with Gasteiger partial charge in [0, 0.05) is 16.9 Å². The van der Waals surface area contributed by atoms with Crippen LogP contribution in [0.3, 0.4) is 0 Å². The van der Waals surface area contributed by atoms with Crippen LogP contribution in [-0.4, -0.2) is 9.97 Å². The van der Waals surface area contributed by atoms with Gasteiger partial charge < -0.3 is 0 Å². The molecule has 1 heterocycles. The summed E-state index contributed by atoms with van der Waals surface area (Å²) in [5.74, 6) is 0. The van der Waals surface area contributed by atoms with Gasteiger partial charge in [0.1, 0.15) is 0 Å². The second-order valence-electron chi connectivity index (χ2n) is 1.11. The molecule has 1 aromatic heterocycles. The third-order valence-electron chi connectivity index (χ3n) is 0.611. The maximum atomic E-state index is 11.1. The number of halogens is 1. The smallest absolute Gasteiger partial charge is 0.251 e. The number of nitrogens with zero attached hydrogens (tertiary/aromatic N) is 2. The minimum atomic E-state index is -0.257. The summed E-state index contributed by atoms with van der Waals surface area (Å²) in [7, 11) is 0. The molecule has 1 rings (SSSR count). The van der Waals surface area contributed by atoms with E-state index >= 15 is 0 Å². The van der Waals surface area contributed by atoms with E-state index in [1.54, 1.807) is 6.07 Å². The first-order valence-corrected chi connectivity index (χ1v) is 1.99. The molecule has 0 unspecified atom stereocenters. The summed E-state index contributed by atoms with van der Waals surface area (Å²) in [6.45, 7) is 0. The molecule has 0 spiro atoms. The predicted octanol–water partition coefficient (Wildman–Crippen LogP) is 0.740. The zero-order valence-corrected chi connectivity index (χ0v) is 3.91. The first kappa shape index (κ1) is 4.96. The number of hydrogen-bond donors (Lipinski definition) is 0. The molecule has 1 aromatic rings. The lowest BCUT2D eigenvalue weighted by Gasteiger charge is -1.84. The van der Waals surface area contributed by atoms with Crippen LogP contribution in [0.25, 0.3) is 0 Å². The lowest BCUT2D eigenvalue weighted by atomic mass is 10.7. The highest BCUT2D eigenvalue weighted by Gasteiger charge is 1.88. The summed E-state index contributed by atoms with van der Waals surface area (Å²) in [5.41, 5.74) is 0. The topological polar surface area (TPSA) is 35.0 Å². The molecule has 0 aromatic carbocycles. The molecule has 42 valence electrons. The van der Waals surface area contributed by atoms with Crippen molar-refractivity contribution in [3.63, 3.8) is 0 Å². The Morgan fingerprint density at radius 2 is 2.00 bits per heavy atom. The first-order valence-electron chi connectivity index (χ1n) is 1.99. The van der Waals surface area contributed by atoms with Crippen molar-refractivity contribution in [1.29, 1.82) is 0 Å². The van der Waals surface area contributed by atoms with Gasteiger partial charge in [-0.2, -0.15) is 0 Å². The highest BCUT2D eigenvalue weighted by Crippen LogP contribution is 1.95. The van der Waals surface area contributed by atoms with E-state index in [2.05, 4.69) is 14.9 Å². The van der Waals surface area contributed by atoms with Crippen LogP contribution in [0, 0.1) is 0 Å². The molecule has 0 aliphatic heterocycles. The molecule has 8 heavy (non-hydrogen) atoms. The summed E-state index contributed by atoms with van der Waals surface area (Å²) < 4.78 is 11.1. The Morgan fingerprint density at radius 1 is 1.38 bits per heavy atom. The fourth-order valence-electron chi connectivity index (χ4n) is 0.325. The SMILES string of the molecule is FOc1ncccn1. The van der Waals surface area contributed by atoms with Crippen molar-refractivity contribution in [2.24, 2.45) is 0 Å². The van der Waals surface area contributed by atoms with Gasteiger partial charge in [0.05, 0.1) is 0 Å². The molecule has 0 fully saturated rings. The van der Waals surface area contributed by atoms with Crippen molar-refractivity contribution < 1.29 is 9.47 Å². The molecule has 0 aliphatic carbocycles. The van der Waals surface area contributed by atoms with E-state index in [1.165, 1.54) is 12.4 Å². The molecule has 0 aliphatic rings. The molecule has 0 atom stereocenters. The zero-order chi connectivity index (χ0) is 5.82. The molecule has 0 bridgehead atoms. The Morgan fingerprint density at radius 3 is 2.38 bits per heavy atom. The molecule has 0 N–H and O–H groups in total. The van der Waals surface area contributed by atoms with E-state index in [4.69, 9.17) is 0 Å². The minimum absolute atomic E-state index is 0.257. The van der Waals surface area contributed by atoms with Crippen molar-refractivity contribution in [2.75, 3.05) is 0 Å². The van der Waals surface area contributed by atoms with Crippen LogP contribution in [0.1, 0.15) is 0 Å². The van der Waals surface area contributed by atoms with Crippen LogP contribution in [0.5, 0.6) is 6.01 Å². The number of hydrogen-bond acceptors (Lipinski definition) is 3. The molecule has 0 amide bonds. The van der Waals surface area contributed by atoms with Gasteiger partial charge in [-0.15, -0.1) is 0 Å². The molecule has 0 saturated heterocycles. The number of rotatable bonds is 1. The van der Waals surface area contributed by atoms with Crippen LogP contribution in [0.15, 0.2) is 18.5 Å². The van der Waals surface area contributed by atoms with Gasteiger partial charge in [0.15, 0.2) is 0 Å². The quantitative estimate of drug-likeness (QED) is 0.540. The van der Waals surface area contributed by atoms with Gasteiger partial charge >= 0.3 is 6.01 Å². The van der Waals surface area contributed by atoms with Crippen molar-refractivity contribution in [3.8, 4) is 6.01 Å². The van der Waals surface area contributed by atoms with Gasteiger partial charge in [0.25, 0.3) is 0 Å². The average Bonchev–Trinajstić information content (AvgIpc) is 1.90. The maximum absolute atomic E-state index is 11.1. The van der Waals surface area contributed by atoms with Crippen LogP contribution in [0.4, 0.5) is 4.53 Å². The van der Waals surface area contributed by atoms with E-state index in [-0.39, 0.29) is 6.01 Å². The van der Waals surface area contributed by atoms with Crippen molar-refractivity contribution >= 4 is 0 Å². The van der Waals surface area contributed by atoms with Crippen LogP contribution < -0.4 is 4.94 Å². The highest BCUT2D eigenvalue weighted by molar-refractivity contribution is 4.91. The Bertz CT molecular complexity index is 155. The monoisotopic (exact) mass is 114 g/mol. The van der Waals surface area contributed by atoms with E-state index in [0.717, 1.165) is 0 Å². The minimum Gasteiger partial charge on any atom is -0.251 e. The largest absolute Gasteiger partial charge is 0.359 e. The average molecular weight is 114 g/mol. The molecule has 0 radical (unpaired) electrons. The summed E-state index contributed by atoms with van der Waals surface area (Å²) in [5, 5.41) is 0. The van der Waals surface area contributed by atoms with E-state index in [0.29, 0.717) is 0 Å². The van der Waals surface area contributed by atoms with Gasteiger partial charge in [0.2, 0.25) is 0 Å². The van der Waals surface area contributed by atoms with Crippen molar-refractivity contribution in [1.82, 2.24) is 9.97 Å². The third kappa shape index (κ3) is 0.900. The second-order valence-corrected chi connectivity index (χ2v) is 1.11. The van der Waals surface area contributed by atoms with E-state index in [9.17, 15) is 4.53 Å². The van der Waals surface area contributed by atoms with Crippen LogP contribution in [0.2, 0.25) is 0 Å². The summed E-state index contributed by atoms with van der Waals surface area (Å²) in [4.78, 5) is 9.97. The second kappa shape index (κ2) is 2.20. The summed E-state index contributed by atoms with van der Waals surface area (Å²) in [6.07, 6.45) is 2.78. The summed E-state index contributed by atoms with van der Waals surface area (Å²) >= 11 is 0. The van der Waals surface area contributed by atoms with Crippen molar-refractivity contribution in [3.05, 3.63) is 18.5 Å². The first-order chi connectivity index (χ1) is 3.93. The molecule has 0 saturated carbocycles. The normalized spacial score (nSPS) is 8.62. The van der Waals surface area contributed by atoms with E-state index in [1.807, 2.05) is 0 Å².